The van der Waals surface area contributed by atoms with E-state index in [2.05, 4.69) is 27.7 Å². The summed E-state index contributed by atoms with van der Waals surface area (Å²) in [6.07, 6.45) is 0. The number of hydrogen-bond acceptors (Lipinski definition) is 1. The molecule has 0 heterocycles. The van der Waals surface area contributed by atoms with Crippen LogP contribution in [0.15, 0.2) is 30.3 Å². The van der Waals surface area contributed by atoms with Gasteiger partial charge in [-0.15, -0.1) is 5.56 Å². The molecule has 2 rings (SSSR count). The van der Waals surface area contributed by atoms with Crippen molar-refractivity contribution in [2.45, 2.75) is 34.3 Å². The van der Waals surface area contributed by atoms with Gasteiger partial charge < -0.3 is 5.11 Å². The van der Waals surface area contributed by atoms with Crippen LogP contribution >= 0.6 is 0 Å². The molecule has 0 aromatic heterocycles. The van der Waals surface area contributed by atoms with E-state index < -0.39 is 0 Å². The molecule has 0 atom stereocenters. The first-order valence-electron chi connectivity index (χ1n) is 5.59. The maximum atomic E-state index is 9.04. The van der Waals surface area contributed by atoms with Gasteiger partial charge in [0.05, 0.1) is 0 Å². The van der Waals surface area contributed by atoms with Gasteiger partial charge in [0.15, 0.2) is 0 Å². The van der Waals surface area contributed by atoms with Crippen LogP contribution in [-0.4, -0.2) is 5.11 Å². The molecule has 17 heavy (non-hydrogen) atoms. The minimum absolute atomic E-state index is 0. The Morgan fingerprint density at radius 3 is 1.59 bits per heavy atom. The van der Waals surface area contributed by atoms with Crippen molar-refractivity contribution >= 4 is 0 Å². The van der Waals surface area contributed by atoms with E-state index in [0.717, 1.165) is 5.56 Å². The van der Waals surface area contributed by atoms with E-state index >= 15 is 0 Å². The van der Waals surface area contributed by atoms with Gasteiger partial charge in [-0.25, -0.2) is 12.1 Å². The van der Waals surface area contributed by atoms with Crippen molar-refractivity contribution in [3.8, 4) is 0 Å². The first-order chi connectivity index (χ1) is 7.59. The van der Waals surface area contributed by atoms with Crippen molar-refractivity contribution in [2.24, 2.45) is 0 Å². The molecule has 0 saturated carbocycles. The molecule has 1 nitrogen and oxygen atoms in total. The van der Waals surface area contributed by atoms with Crippen LogP contribution in [0.2, 0.25) is 0 Å². The molecule has 2 heteroatoms. The zero-order chi connectivity index (χ0) is 12.1. The number of aliphatic hydroxyl groups excluding tert-OH is 1. The first kappa shape index (κ1) is 16.3. The number of hydrogen-bond donors (Lipinski definition) is 1. The zero-order valence-electron chi connectivity index (χ0n) is 10.9. The first-order valence-corrected chi connectivity index (χ1v) is 5.59. The maximum Gasteiger partial charge on any atom is 2.00 e. The van der Waals surface area contributed by atoms with Gasteiger partial charge in [-0.1, -0.05) is 27.7 Å². The Balaban J connectivity index is 0.000000360. The number of rotatable bonds is 1. The molecule has 0 spiro atoms. The van der Waals surface area contributed by atoms with Crippen LogP contribution in [0.5, 0.6) is 0 Å². The molecule has 0 saturated heterocycles. The molecule has 0 fully saturated rings. The van der Waals surface area contributed by atoms with Crippen molar-refractivity contribution in [2.75, 3.05) is 0 Å². The average molecular weight is 317 g/mol. The third-order valence-corrected chi connectivity index (χ3v) is 3.31. The predicted octanol–water partition coefficient (Wildman–Crippen LogP) is 3.53. The standard InChI is InChI=1S/C10H15O.C5H5.Ru/c1-6-7(2)9(4)10(5-11)8(6)3;1-2-4-5-3-1;/h11H,5H2,1-4H3;1-5H;/q2*-1;+2. The second-order valence-corrected chi connectivity index (χ2v) is 4.10. The summed E-state index contributed by atoms with van der Waals surface area (Å²) < 4.78 is 0. The van der Waals surface area contributed by atoms with Gasteiger partial charge in [0.25, 0.3) is 0 Å². The summed E-state index contributed by atoms with van der Waals surface area (Å²) in [6, 6.07) is 10.0. The summed E-state index contributed by atoms with van der Waals surface area (Å²) in [5.74, 6) is 0. The molecule has 0 amide bonds. The van der Waals surface area contributed by atoms with Crippen molar-refractivity contribution in [1.82, 2.24) is 0 Å². The van der Waals surface area contributed by atoms with E-state index in [9.17, 15) is 0 Å². The van der Waals surface area contributed by atoms with E-state index in [1.165, 1.54) is 22.3 Å². The van der Waals surface area contributed by atoms with Crippen molar-refractivity contribution in [3.63, 3.8) is 0 Å². The van der Waals surface area contributed by atoms with Gasteiger partial charge in [0.2, 0.25) is 0 Å². The largest absolute Gasteiger partial charge is 2.00 e. The Labute approximate surface area is 117 Å². The Morgan fingerprint density at radius 2 is 1.41 bits per heavy atom. The molecular weight excluding hydrogens is 297 g/mol. The van der Waals surface area contributed by atoms with Crippen LogP contribution in [0.1, 0.15) is 27.8 Å². The van der Waals surface area contributed by atoms with Crippen LogP contribution < -0.4 is 0 Å². The fourth-order valence-electron chi connectivity index (χ4n) is 1.85. The summed E-state index contributed by atoms with van der Waals surface area (Å²) in [4.78, 5) is 0. The van der Waals surface area contributed by atoms with Gasteiger partial charge >= 0.3 is 19.5 Å². The van der Waals surface area contributed by atoms with Crippen LogP contribution in [0.4, 0.5) is 0 Å². The summed E-state index contributed by atoms with van der Waals surface area (Å²) >= 11 is 0. The minimum atomic E-state index is 0. The van der Waals surface area contributed by atoms with E-state index in [-0.39, 0.29) is 26.1 Å². The van der Waals surface area contributed by atoms with E-state index in [1.807, 2.05) is 30.3 Å². The molecule has 2 aromatic carbocycles. The smallest absolute Gasteiger partial charge is 0.404 e. The second kappa shape index (κ2) is 7.58. The van der Waals surface area contributed by atoms with Gasteiger partial charge in [0, 0.05) is 6.61 Å². The quantitative estimate of drug-likeness (QED) is 0.630. The monoisotopic (exact) mass is 318 g/mol. The fourth-order valence-corrected chi connectivity index (χ4v) is 1.85. The van der Waals surface area contributed by atoms with E-state index in [1.54, 1.807) is 0 Å². The third kappa shape index (κ3) is 3.90. The Bertz CT molecular complexity index is 381. The Kier molecular flexibility index (Phi) is 7.26. The molecule has 2 aromatic rings. The van der Waals surface area contributed by atoms with Gasteiger partial charge in [-0.05, 0) is 0 Å². The van der Waals surface area contributed by atoms with Crippen molar-refractivity contribution in [1.29, 1.82) is 0 Å². The van der Waals surface area contributed by atoms with Crippen LogP contribution in [0.25, 0.3) is 0 Å². The summed E-state index contributed by atoms with van der Waals surface area (Å²) in [7, 11) is 0. The molecule has 0 aliphatic carbocycles. The fraction of sp³-hybridized carbons (Fsp3) is 0.333. The van der Waals surface area contributed by atoms with E-state index in [0.29, 0.717) is 0 Å². The third-order valence-electron chi connectivity index (χ3n) is 3.31. The second-order valence-electron chi connectivity index (χ2n) is 4.10. The van der Waals surface area contributed by atoms with Gasteiger partial charge in [0.1, 0.15) is 0 Å². The maximum absolute atomic E-state index is 9.04. The topological polar surface area (TPSA) is 20.2 Å². The molecule has 0 aliphatic heterocycles. The van der Waals surface area contributed by atoms with Crippen molar-refractivity contribution in [3.05, 3.63) is 58.1 Å². The van der Waals surface area contributed by atoms with Gasteiger partial charge in [-0.2, -0.15) is 40.5 Å². The van der Waals surface area contributed by atoms with E-state index in [4.69, 9.17) is 5.11 Å². The van der Waals surface area contributed by atoms with Gasteiger partial charge in [-0.3, -0.25) is 0 Å². The molecule has 0 bridgehead atoms. The SMILES string of the molecule is Cc1c(C)c(C)[c-](CO)c1C.[Ru+2].c1cc[cH-]c1. The molecular formula is C15H20ORu. The summed E-state index contributed by atoms with van der Waals surface area (Å²) in [5, 5.41) is 9.04. The van der Waals surface area contributed by atoms with Crippen LogP contribution in [0, 0.1) is 27.7 Å². The molecule has 0 unspecified atom stereocenters. The Morgan fingerprint density at radius 1 is 1.00 bits per heavy atom. The molecule has 1 N–H and O–H groups in total. The molecule has 94 valence electrons. The van der Waals surface area contributed by atoms with Crippen LogP contribution in [-0.2, 0) is 26.1 Å². The summed E-state index contributed by atoms with van der Waals surface area (Å²) in [5.41, 5.74) is 6.27. The normalized spacial score (nSPS) is 9.24. The zero-order valence-corrected chi connectivity index (χ0v) is 12.6. The average Bonchev–Trinajstić information content (AvgIpc) is 2.90. The summed E-state index contributed by atoms with van der Waals surface area (Å²) in [6.45, 7) is 8.53. The number of aliphatic hydroxyl groups is 1. The molecule has 0 radical (unpaired) electrons. The van der Waals surface area contributed by atoms with Crippen LogP contribution in [0.3, 0.4) is 0 Å². The predicted molar refractivity (Wildman–Crippen MR) is 68.9 cm³/mol. The van der Waals surface area contributed by atoms with Crippen molar-refractivity contribution < 1.29 is 24.6 Å². The minimum Gasteiger partial charge on any atom is -0.404 e. The molecule has 0 aliphatic rings. The Hall–Kier alpha value is -0.717.